The van der Waals surface area contributed by atoms with Crippen LogP contribution < -0.4 is 5.14 Å². The molecule has 0 bridgehead atoms. The van der Waals surface area contributed by atoms with E-state index in [0.717, 1.165) is 25.3 Å². The molecule has 8 heavy (non-hydrogen) atoms. The Kier molecular flexibility index (Phi) is 5.59. The van der Waals surface area contributed by atoms with Gasteiger partial charge in [0, 0.05) is 0 Å². The molecule has 0 aromatic carbocycles. The van der Waals surface area contributed by atoms with Gasteiger partial charge in [0.05, 0.1) is 18.8 Å². The summed E-state index contributed by atoms with van der Waals surface area (Å²) in [5, 5.41) is 5.03. The van der Waals surface area contributed by atoms with Crippen LogP contribution in [0.2, 0.25) is 0 Å². The molecule has 50 valence electrons. The fourth-order valence-electron chi connectivity index (χ4n) is 0.273. The van der Waals surface area contributed by atoms with Gasteiger partial charge in [0.25, 0.3) is 0 Å². The zero-order valence-corrected chi connectivity index (χ0v) is 6.20. The minimum absolute atomic E-state index is 0.631. The van der Waals surface area contributed by atoms with Crippen molar-refractivity contribution in [2.75, 3.05) is 6.61 Å². The van der Waals surface area contributed by atoms with Gasteiger partial charge in [0.2, 0.25) is 0 Å². The second kappa shape index (κ2) is 5.41. The van der Waals surface area contributed by atoms with E-state index in [1.54, 1.807) is 0 Å². The van der Waals surface area contributed by atoms with E-state index < -0.39 is 0 Å². The van der Waals surface area contributed by atoms with Crippen molar-refractivity contribution in [3.05, 3.63) is 0 Å². The second-order valence-electron chi connectivity index (χ2n) is 1.89. The monoisotopic (exact) mass is 135 g/mol. The Hall–Kier alpha value is 0.270. The third-order valence-corrected chi connectivity index (χ3v) is 1.39. The Balaban J connectivity index is 2.86. The molecule has 1 unspecified atom stereocenters. The molecule has 1 atom stereocenters. The number of nitrogens with two attached hydrogens (primary N) is 1. The van der Waals surface area contributed by atoms with Crippen LogP contribution in [-0.4, -0.2) is 6.61 Å². The Morgan fingerprint density at radius 3 is 2.75 bits per heavy atom. The van der Waals surface area contributed by atoms with Gasteiger partial charge in [-0.25, -0.2) is 0 Å². The van der Waals surface area contributed by atoms with Crippen LogP contribution in [-0.2, 0) is 4.18 Å². The zero-order valence-electron chi connectivity index (χ0n) is 5.39. The first-order valence-electron chi connectivity index (χ1n) is 2.79. The summed E-state index contributed by atoms with van der Waals surface area (Å²) in [7, 11) is 0. The minimum atomic E-state index is 0.631. The lowest BCUT2D eigenvalue weighted by Crippen LogP contribution is -2.01. The Bertz CT molecular complexity index is 51.7. The predicted octanol–water partition coefficient (Wildman–Crippen LogP) is 1.57. The summed E-state index contributed by atoms with van der Waals surface area (Å²) >= 11 is 0.945. The maximum absolute atomic E-state index is 5.03. The van der Waals surface area contributed by atoms with Crippen molar-refractivity contribution < 1.29 is 4.18 Å². The summed E-state index contributed by atoms with van der Waals surface area (Å²) in [6, 6.07) is 0. The molecule has 0 aliphatic carbocycles. The summed E-state index contributed by atoms with van der Waals surface area (Å²) in [5.41, 5.74) is 0. The molecule has 2 N–H and O–H groups in total. The van der Waals surface area contributed by atoms with Crippen LogP contribution >= 0.6 is 12.2 Å². The molecule has 0 aliphatic heterocycles. The van der Waals surface area contributed by atoms with Gasteiger partial charge in [-0.3, -0.25) is 5.14 Å². The van der Waals surface area contributed by atoms with Crippen LogP contribution in [0.1, 0.15) is 20.3 Å². The SMILES string of the molecule is CCC(C)COSN. The fourth-order valence-corrected chi connectivity index (χ4v) is 0.584. The van der Waals surface area contributed by atoms with Gasteiger partial charge < -0.3 is 4.18 Å². The summed E-state index contributed by atoms with van der Waals surface area (Å²) in [5.74, 6) is 0.631. The van der Waals surface area contributed by atoms with E-state index in [9.17, 15) is 0 Å². The fraction of sp³-hybridized carbons (Fsp3) is 1.00. The average molecular weight is 135 g/mol. The lowest BCUT2D eigenvalue weighted by Gasteiger charge is -2.04. The molecular formula is C5H13NOS. The third kappa shape index (κ3) is 4.43. The van der Waals surface area contributed by atoms with Gasteiger partial charge in [-0.15, -0.1) is 0 Å². The van der Waals surface area contributed by atoms with Gasteiger partial charge in [0.1, 0.15) is 0 Å². The van der Waals surface area contributed by atoms with Crippen molar-refractivity contribution in [2.24, 2.45) is 11.1 Å². The number of hydrogen-bond donors (Lipinski definition) is 1. The normalized spacial score (nSPS) is 13.9. The molecule has 0 heterocycles. The van der Waals surface area contributed by atoms with Crippen LogP contribution in [0.5, 0.6) is 0 Å². The van der Waals surface area contributed by atoms with Gasteiger partial charge in [0.15, 0.2) is 0 Å². The molecule has 0 radical (unpaired) electrons. The highest BCUT2D eigenvalue weighted by Gasteiger charge is 1.95. The third-order valence-electron chi connectivity index (χ3n) is 1.12. The van der Waals surface area contributed by atoms with E-state index in [-0.39, 0.29) is 0 Å². The minimum Gasteiger partial charge on any atom is -0.301 e. The Morgan fingerprint density at radius 1 is 1.75 bits per heavy atom. The van der Waals surface area contributed by atoms with E-state index >= 15 is 0 Å². The average Bonchev–Trinajstić information content (AvgIpc) is 1.83. The quantitative estimate of drug-likeness (QED) is 0.469. The molecular weight excluding hydrogens is 122 g/mol. The van der Waals surface area contributed by atoms with Gasteiger partial charge in [-0.1, -0.05) is 20.3 Å². The number of hydrogen-bond acceptors (Lipinski definition) is 3. The summed E-state index contributed by atoms with van der Waals surface area (Å²) in [6.45, 7) is 5.03. The van der Waals surface area contributed by atoms with Crippen molar-refractivity contribution in [3.8, 4) is 0 Å². The highest BCUT2D eigenvalue weighted by atomic mass is 32.2. The van der Waals surface area contributed by atoms with Crippen LogP contribution in [0.25, 0.3) is 0 Å². The first-order chi connectivity index (χ1) is 3.81. The van der Waals surface area contributed by atoms with Crippen LogP contribution in [0.4, 0.5) is 0 Å². The van der Waals surface area contributed by atoms with E-state index in [1.165, 1.54) is 0 Å². The van der Waals surface area contributed by atoms with Crippen molar-refractivity contribution in [1.82, 2.24) is 0 Å². The van der Waals surface area contributed by atoms with E-state index in [0.29, 0.717) is 5.92 Å². The molecule has 0 amide bonds. The largest absolute Gasteiger partial charge is 0.301 e. The Morgan fingerprint density at radius 2 is 2.38 bits per heavy atom. The molecule has 0 aliphatic rings. The molecule has 0 saturated carbocycles. The van der Waals surface area contributed by atoms with Crippen molar-refractivity contribution in [2.45, 2.75) is 20.3 Å². The lowest BCUT2D eigenvalue weighted by molar-refractivity contribution is 0.297. The Labute approximate surface area is 55.1 Å². The topological polar surface area (TPSA) is 35.2 Å². The molecule has 0 fully saturated rings. The maximum atomic E-state index is 5.03. The maximum Gasteiger partial charge on any atom is 0.0758 e. The molecule has 0 aromatic rings. The van der Waals surface area contributed by atoms with Crippen LogP contribution in [0.15, 0.2) is 0 Å². The molecule has 3 heteroatoms. The van der Waals surface area contributed by atoms with E-state index in [2.05, 4.69) is 13.8 Å². The predicted molar refractivity (Wildman–Crippen MR) is 37.2 cm³/mol. The van der Waals surface area contributed by atoms with E-state index in [4.69, 9.17) is 9.32 Å². The molecule has 0 rings (SSSR count). The summed E-state index contributed by atoms with van der Waals surface area (Å²) < 4.78 is 4.88. The van der Waals surface area contributed by atoms with Crippen molar-refractivity contribution in [3.63, 3.8) is 0 Å². The highest BCUT2D eigenvalue weighted by molar-refractivity contribution is 7.92. The molecule has 0 spiro atoms. The van der Waals surface area contributed by atoms with Crippen LogP contribution in [0.3, 0.4) is 0 Å². The first kappa shape index (κ1) is 8.27. The van der Waals surface area contributed by atoms with E-state index in [1.807, 2.05) is 0 Å². The molecule has 0 aromatic heterocycles. The van der Waals surface area contributed by atoms with Crippen LogP contribution in [0, 0.1) is 5.92 Å². The summed E-state index contributed by atoms with van der Waals surface area (Å²) in [6.07, 6.45) is 1.15. The van der Waals surface area contributed by atoms with Gasteiger partial charge in [-0.05, 0) is 5.92 Å². The van der Waals surface area contributed by atoms with Crippen molar-refractivity contribution in [1.29, 1.82) is 0 Å². The number of rotatable bonds is 4. The smallest absolute Gasteiger partial charge is 0.0758 e. The molecule has 0 saturated heterocycles. The molecule has 2 nitrogen and oxygen atoms in total. The van der Waals surface area contributed by atoms with Crippen molar-refractivity contribution >= 4 is 12.2 Å². The summed E-state index contributed by atoms with van der Waals surface area (Å²) in [4.78, 5) is 0. The standard InChI is InChI=1S/C5H13NOS/c1-3-5(2)4-7-8-6/h5H,3-4,6H2,1-2H3. The first-order valence-corrected chi connectivity index (χ1v) is 3.60. The van der Waals surface area contributed by atoms with Gasteiger partial charge >= 0.3 is 0 Å². The van der Waals surface area contributed by atoms with Gasteiger partial charge in [-0.2, -0.15) is 0 Å². The zero-order chi connectivity index (χ0) is 6.41. The lowest BCUT2D eigenvalue weighted by atomic mass is 10.1. The highest BCUT2D eigenvalue weighted by Crippen LogP contribution is 2.03. The second-order valence-corrected chi connectivity index (χ2v) is 2.32.